The van der Waals surface area contributed by atoms with Gasteiger partial charge in [-0.15, -0.1) is 0 Å². The van der Waals surface area contributed by atoms with E-state index in [4.69, 9.17) is 4.74 Å². The van der Waals surface area contributed by atoms with Gasteiger partial charge in [-0.2, -0.15) is 0 Å². The van der Waals surface area contributed by atoms with E-state index < -0.39 is 0 Å². The monoisotopic (exact) mass is 269 g/mol. The third-order valence-electron chi connectivity index (χ3n) is 3.28. The topological polar surface area (TPSA) is 42.1 Å². The van der Waals surface area contributed by atoms with Gasteiger partial charge in [-0.3, -0.25) is 4.79 Å². The molecule has 0 fully saturated rings. The van der Waals surface area contributed by atoms with Crippen LogP contribution in [0.2, 0.25) is 0 Å². The zero-order chi connectivity index (χ0) is 14.1. The van der Waals surface area contributed by atoms with Crippen molar-refractivity contribution >= 4 is 17.2 Å². The van der Waals surface area contributed by atoms with Crippen molar-refractivity contribution < 1.29 is 13.9 Å². The largest absolute Gasteiger partial charge is 0.497 e. The van der Waals surface area contributed by atoms with Crippen LogP contribution in [0.4, 0.5) is 4.39 Å². The highest BCUT2D eigenvalue weighted by Crippen LogP contribution is 2.31. The Kier molecular flexibility index (Phi) is 2.99. The van der Waals surface area contributed by atoms with E-state index >= 15 is 0 Å². The molecule has 0 saturated heterocycles. The van der Waals surface area contributed by atoms with Crippen LogP contribution in [-0.4, -0.2) is 18.4 Å². The van der Waals surface area contributed by atoms with Gasteiger partial charge in [0, 0.05) is 22.0 Å². The molecule has 0 radical (unpaired) electrons. The third kappa shape index (κ3) is 1.95. The molecule has 3 nitrogen and oxygen atoms in total. The molecule has 2 aromatic carbocycles. The molecular weight excluding hydrogens is 257 g/mol. The van der Waals surface area contributed by atoms with Crippen LogP contribution >= 0.6 is 0 Å². The fourth-order valence-electron chi connectivity index (χ4n) is 2.31. The standard InChI is InChI=1S/C16H12FNO2/c1-20-12-4-2-3-10(7-12)16-14(9-19)13-8-11(17)5-6-15(13)18-16/h2-9,18H,1H3. The van der Waals surface area contributed by atoms with E-state index in [1.165, 1.54) is 12.1 Å². The number of rotatable bonds is 3. The van der Waals surface area contributed by atoms with Gasteiger partial charge in [0.2, 0.25) is 0 Å². The summed E-state index contributed by atoms with van der Waals surface area (Å²) in [5.41, 5.74) is 2.67. The Morgan fingerprint density at radius 3 is 2.80 bits per heavy atom. The number of fused-ring (bicyclic) bond motifs is 1. The number of H-pyrrole nitrogens is 1. The number of methoxy groups -OCH3 is 1. The fourth-order valence-corrected chi connectivity index (χ4v) is 2.31. The average Bonchev–Trinajstić information content (AvgIpc) is 2.85. The van der Waals surface area contributed by atoms with Gasteiger partial charge in [0.1, 0.15) is 11.6 Å². The molecule has 0 bridgehead atoms. The van der Waals surface area contributed by atoms with E-state index in [9.17, 15) is 9.18 Å². The van der Waals surface area contributed by atoms with Gasteiger partial charge in [0.15, 0.2) is 6.29 Å². The number of aromatic nitrogens is 1. The number of benzene rings is 2. The third-order valence-corrected chi connectivity index (χ3v) is 3.28. The van der Waals surface area contributed by atoms with Gasteiger partial charge in [0.05, 0.1) is 12.8 Å². The zero-order valence-corrected chi connectivity index (χ0v) is 10.8. The number of ether oxygens (including phenoxy) is 1. The number of carbonyl (C=O) groups excluding carboxylic acids is 1. The van der Waals surface area contributed by atoms with Crippen molar-refractivity contribution in [2.24, 2.45) is 0 Å². The van der Waals surface area contributed by atoms with Crippen LogP contribution in [0.1, 0.15) is 10.4 Å². The SMILES string of the molecule is COc1cccc(-c2[nH]c3ccc(F)cc3c2C=O)c1. The summed E-state index contributed by atoms with van der Waals surface area (Å²) in [5.74, 6) is 0.334. The quantitative estimate of drug-likeness (QED) is 0.735. The number of aldehydes is 1. The normalized spacial score (nSPS) is 10.7. The number of hydrogen-bond acceptors (Lipinski definition) is 2. The van der Waals surface area contributed by atoms with E-state index in [0.717, 1.165) is 17.4 Å². The van der Waals surface area contributed by atoms with Crippen molar-refractivity contribution in [3.63, 3.8) is 0 Å². The minimum atomic E-state index is -0.364. The van der Waals surface area contributed by atoms with Crippen molar-refractivity contribution in [2.75, 3.05) is 7.11 Å². The summed E-state index contributed by atoms with van der Waals surface area (Å²) in [7, 11) is 1.58. The van der Waals surface area contributed by atoms with E-state index in [2.05, 4.69) is 4.98 Å². The lowest BCUT2D eigenvalue weighted by Crippen LogP contribution is -1.87. The first-order valence-electron chi connectivity index (χ1n) is 6.14. The molecule has 4 heteroatoms. The minimum absolute atomic E-state index is 0.364. The first-order chi connectivity index (χ1) is 9.72. The number of nitrogens with one attached hydrogen (secondary N) is 1. The number of hydrogen-bond donors (Lipinski definition) is 1. The molecule has 0 saturated carbocycles. The lowest BCUT2D eigenvalue weighted by Gasteiger charge is -2.03. The molecule has 0 aliphatic rings. The lowest BCUT2D eigenvalue weighted by atomic mass is 10.1. The van der Waals surface area contributed by atoms with Crippen molar-refractivity contribution in [2.45, 2.75) is 0 Å². The Bertz CT molecular complexity index is 792. The molecule has 0 amide bonds. The first-order valence-corrected chi connectivity index (χ1v) is 6.14. The predicted molar refractivity (Wildman–Crippen MR) is 75.6 cm³/mol. The number of carbonyl (C=O) groups is 1. The van der Waals surface area contributed by atoms with Gasteiger partial charge >= 0.3 is 0 Å². The molecule has 3 rings (SSSR count). The van der Waals surface area contributed by atoms with Crippen molar-refractivity contribution in [3.8, 4) is 17.0 Å². The maximum absolute atomic E-state index is 13.3. The fraction of sp³-hybridized carbons (Fsp3) is 0.0625. The number of halogens is 1. The summed E-state index contributed by atoms with van der Waals surface area (Å²) >= 11 is 0. The molecule has 1 N–H and O–H groups in total. The second-order valence-corrected chi connectivity index (χ2v) is 4.45. The summed E-state index contributed by atoms with van der Waals surface area (Å²) in [6.45, 7) is 0. The summed E-state index contributed by atoms with van der Waals surface area (Å²) < 4.78 is 18.5. The first kappa shape index (κ1) is 12.4. The Morgan fingerprint density at radius 2 is 2.05 bits per heavy atom. The summed E-state index contributed by atoms with van der Waals surface area (Å²) in [5, 5.41) is 0.581. The minimum Gasteiger partial charge on any atom is -0.497 e. The molecule has 20 heavy (non-hydrogen) atoms. The van der Waals surface area contributed by atoms with Crippen LogP contribution in [0.3, 0.4) is 0 Å². The molecule has 100 valence electrons. The van der Waals surface area contributed by atoms with E-state index in [-0.39, 0.29) is 5.82 Å². The summed E-state index contributed by atoms with van der Waals surface area (Å²) in [4.78, 5) is 14.5. The highest BCUT2D eigenvalue weighted by Gasteiger charge is 2.13. The van der Waals surface area contributed by atoms with Gasteiger partial charge in [-0.25, -0.2) is 4.39 Å². The Balaban J connectivity index is 2.27. The zero-order valence-electron chi connectivity index (χ0n) is 10.8. The second-order valence-electron chi connectivity index (χ2n) is 4.45. The Labute approximate surface area is 115 Å². The molecular formula is C16H12FNO2. The van der Waals surface area contributed by atoms with Gasteiger partial charge < -0.3 is 9.72 Å². The molecule has 3 aromatic rings. The number of aromatic amines is 1. The van der Waals surface area contributed by atoms with Crippen LogP contribution in [0.5, 0.6) is 5.75 Å². The van der Waals surface area contributed by atoms with Crippen LogP contribution < -0.4 is 4.74 Å². The van der Waals surface area contributed by atoms with Gasteiger partial charge in [-0.1, -0.05) is 12.1 Å². The van der Waals surface area contributed by atoms with Crippen LogP contribution in [0, 0.1) is 5.82 Å². The molecule has 0 spiro atoms. The highest BCUT2D eigenvalue weighted by atomic mass is 19.1. The van der Waals surface area contributed by atoms with Crippen LogP contribution in [0.15, 0.2) is 42.5 Å². The Morgan fingerprint density at radius 1 is 1.20 bits per heavy atom. The average molecular weight is 269 g/mol. The maximum Gasteiger partial charge on any atom is 0.152 e. The molecule has 0 aliphatic heterocycles. The predicted octanol–water partition coefficient (Wildman–Crippen LogP) is 3.80. The lowest BCUT2D eigenvalue weighted by molar-refractivity contribution is 0.112. The molecule has 1 heterocycles. The van der Waals surface area contributed by atoms with E-state index in [0.29, 0.717) is 22.4 Å². The van der Waals surface area contributed by atoms with E-state index in [1.807, 2.05) is 24.3 Å². The van der Waals surface area contributed by atoms with Crippen molar-refractivity contribution in [1.82, 2.24) is 4.98 Å². The maximum atomic E-state index is 13.3. The van der Waals surface area contributed by atoms with Crippen molar-refractivity contribution in [1.29, 1.82) is 0 Å². The second kappa shape index (κ2) is 4.81. The summed E-state index contributed by atoms with van der Waals surface area (Å²) in [6, 6.07) is 11.7. The van der Waals surface area contributed by atoms with Gasteiger partial charge in [-0.05, 0) is 30.3 Å². The molecule has 0 aliphatic carbocycles. The highest BCUT2D eigenvalue weighted by molar-refractivity contribution is 6.04. The Hall–Kier alpha value is -2.62. The van der Waals surface area contributed by atoms with E-state index in [1.54, 1.807) is 13.2 Å². The molecule has 1 aromatic heterocycles. The van der Waals surface area contributed by atoms with Crippen LogP contribution in [0.25, 0.3) is 22.2 Å². The molecule has 0 atom stereocenters. The van der Waals surface area contributed by atoms with Crippen LogP contribution in [-0.2, 0) is 0 Å². The van der Waals surface area contributed by atoms with Gasteiger partial charge in [0.25, 0.3) is 0 Å². The summed E-state index contributed by atoms with van der Waals surface area (Å²) in [6.07, 6.45) is 0.743. The van der Waals surface area contributed by atoms with Crippen molar-refractivity contribution in [3.05, 3.63) is 53.8 Å². The smallest absolute Gasteiger partial charge is 0.152 e. The molecule has 0 unspecified atom stereocenters.